The maximum absolute atomic E-state index is 12.9. The molecule has 2 heterocycles. The Morgan fingerprint density at radius 2 is 1.85 bits per heavy atom. The van der Waals surface area contributed by atoms with E-state index in [2.05, 4.69) is 0 Å². The summed E-state index contributed by atoms with van der Waals surface area (Å²) >= 11 is 0. The summed E-state index contributed by atoms with van der Waals surface area (Å²) in [6.07, 6.45) is 4.54. The van der Waals surface area contributed by atoms with Crippen LogP contribution in [0.5, 0.6) is 5.75 Å². The monoisotopic (exact) mass is 394 g/mol. The number of carbonyl (C=O) groups excluding carboxylic acids is 1. The van der Waals surface area contributed by atoms with E-state index < -0.39 is 10.0 Å². The summed E-state index contributed by atoms with van der Waals surface area (Å²) in [6, 6.07) is 7.99. The number of hydrogen-bond acceptors (Lipinski definition) is 4. The SMILES string of the molecule is Cc1ccccc1OCC1CCCN(C(=O)C2CCN(S(C)(=O)=O)CC2)C1. The third kappa shape index (κ3) is 5.23. The summed E-state index contributed by atoms with van der Waals surface area (Å²) in [6.45, 7) is 5.09. The molecule has 1 aromatic carbocycles. The van der Waals surface area contributed by atoms with Crippen LogP contribution in [0.1, 0.15) is 31.2 Å². The Balaban J connectivity index is 1.50. The second-order valence-corrected chi connectivity index (χ2v) is 9.79. The first-order valence-corrected chi connectivity index (χ1v) is 11.6. The molecule has 0 spiro atoms. The number of ether oxygens (including phenoxy) is 1. The number of piperidine rings is 2. The fourth-order valence-corrected chi connectivity index (χ4v) is 4.89. The Hall–Kier alpha value is -1.60. The van der Waals surface area contributed by atoms with Crippen LogP contribution in [-0.4, -0.2) is 62.6 Å². The molecular formula is C20H30N2O4S. The average molecular weight is 395 g/mol. The second kappa shape index (κ2) is 8.61. The summed E-state index contributed by atoms with van der Waals surface area (Å²) in [5.74, 6) is 1.38. The van der Waals surface area contributed by atoms with E-state index in [1.807, 2.05) is 36.1 Å². The van der Waals surface area contributed by atoms with Crippen molar-refractivity contribution in [3.63, 3.8) is 0 Å². The second-order valence-electron chi connectivity index (χ2n) is 7.81. The Labute approximate surface area is 162 Å². The van der Waals surface area contributed by atoms with Gasteiger partial charge in [0.15, 0.2) is 0 Å². The Kier molecular flexibility index (Phi) is 6.42. The van der Waals surface area contributed by atoms with Gasteiger partial charge >= 0.3 is 0 Å². The highest BCUT2D eigenvalue weighted by Gasteiger charge is 2.33. The summed E-state index contributed by atoms with van der Waals surface area (Å²) in [7, 11) is -3.15. The molecular weight excluding hydrogens is 364 g/mol. The summed E-state index contributed by atoms with van der Waals surface area (Å²) in [5.41, 5.74) is 1.12. The van der Waals surface area contributed by atoms with Gasteiger partial charge in [-0.1, -0.05) is 18.2 Å². The molecule has 3 rings (SSSR count). The molecule has 1 unspecified atom stereocenters. The summed E-state index contributed by atoms with van der Waals surface area (Å²) in [4.78, 5) is 14.9. The number of hydrogen-bond donors (Lipinski definition) is 0. The highest BCUT2D eigenvalue weighted by molar-refractivity contribution is 7.88. The summed E-state index contributed by atoms with van der Waals surface area (Å²) in [5, 5.41) is 0. The Morgan fingerprint density at radius 1 is 1.15 bits per heavy atom. The third-order valence-corrected chi connectivity index (χ3v) is 6.97. The van der Waals surface area contributed by atoms with E-state index in [1.54, 1.807) is 0 Å². The predicted molar refractivity (Wildman–Crippen MR) is 105 cm³/mol. The lowest BCUT2D eigenvalue weighted by Crippen LogP contribution is -2.47. The fourth-order valence-electron chi connectivity index (χ4n) is 4.02. The van der Waals surface area contributed by atoms with E-state index in [9.17, 15) is 13.2 Å². The van der Waals surface area contributed by atoms with Gasteiger partial charge in [-0.05, 0) is 44.2 Å². The van der Waals surface area contributed by atoms with Crippen LogP contribution >= 0.6 is 0 Å². The van der Waals surface area contributed by atoms with Crippen molar-refractivity contribution in [1.29, 1.82) is 0 Å². The van der Waals surface area contributed by atoms with Crippen molar-refractivity contribution in [3.8, 4) is 5.75 Å². The van der Waals surface area contributed by atoms with Crippen molar-refractivity contribution in [1.82, 2.24) is 9.21 Å². The molecule has 0 N–H and O–H groups in total. The molecule has 0 aliphatic carbocycles. The minimum absolute atomic E-state index is 0.0564. The molecule has 0 aromatic heterocycles. The molecule has 1 atom stereocenters. The van der Waals surface area contributed by atoms with E-state index in [-0.39, 0.29) is 11.8 Å². The third-order valence-electron chi connectivity index (χ3n) is 5.67. The molecule has 2 aliphatic rings. The molecule has 2 aliphatic heterocycles. The zero-order valence-corrected chi connectivity index (χ0v) is 17.1. The van der Waals surface area contributed by atoms with Crippen molar-refractivity contribution >= 4 is 15.9 Å². The molecule has 2 fully saturated rings. The van der Waals surface area contributed by atoms with Crippen LogP contribution in [0.25, 0.3) is 0 Å². The number of carbonyl (C=O) groups is 1. The molecule has 7 heteroatoms. The van der Waals surface area contributed by atoms with Gasteiger partial charge in [0, 0.05) is 38.0 Å². The largest absolute Gasteiger partial charge is 0.493 e. The molecule has 0 bridgehead atoms. The van der Waals surface area contributed by atoms with E-state index in [4.69, 9.17) is 4.74 Å². The maximum atomic E-state index is 12.9. The van der Waals surface area contributed by atoms with Crippen molar-refractivity contribution in [2.24, 2.45) is 11.8 Å². The molecule has 0 saturated carbocycles. The van der Waals surface area contributed by atoms with Gasteiger partial charge in [-0.25, -0.2) is 12.7 Å². The van der Waals surface area contributed by atoms with Crippen molar-refractivity contribution in [3.05, 3.63) is 29.8 Å². The highest BCUT2D eigenvalue weighted by atomic mass is 32.2. The van der Waals surface area contributed by atoms with E-state index in [1.165, 1.54) is 10.6 Å². The van der Waals surface area contributed by atoms with Crippen LogP contribution in [0.15, 0.2) is 24.3 Å². The van der Waals surface area contributed by atoms with E-state index in [0.29, 0.717) is 38.5 Å². The number of sulfonamides is 1. The van der Waals surface area contributed by atoms with Gasteiger partial charge in [0.05, 0.1) is 12.9 Å². The molecule has 6 nitrogen and oxygen atoms in total. The van der Waals surface area contributed by atoms with Gasteiger partial charge in [0.1, 0.15) is 5.75 Å². The number of benzene rings is 1. The Morgan fingerprint density at radius 3 is 2.52 bits per heavy atom. The van der Waals surface area contributed by atoms with Crippen molar-refractivity contribution in [2.75, 3.05) is 39.0 Å². The zero-order chi connectivity index (χ0) is 19.4. The topological polar surface area (TPSA) is 66.9 Å². The van der Waals surface area contributed by atoms with Gasteiger partial charge in [0.25, 0.3) is 0 Å². The number of amides is 1. The highest BCUT2D eigenvalue weighted by Crippen LogP contribution is 2.25. The van der Waals surface area contributed by atoms with Crippen molar-refractivity contribution in [2.45, 2.75) is 32.6 Å². The zero-order valence-electron chi connectivity index (χ0n) is 16.3. The number of para-hydroxylation sites is 1. The molecule has 2 saturated heterocycles. The number of likely N-dealkylation sites (tertiary alicyclic amines) is 1. The standard InChI is InChI=1S/C20H30N2O4S/c1-16-6-3-4-8-19(16)26-15-17-7-5-11-21(14-17)20(23)18-9-12-22(13-10-18)27(2,24)25/h3-4,6,8,17-18H,5,7,9-15H2,1-2H3. The van der Waals surface area contributed by atoms with Crippen LogP contribution in [-0.2, 0) is 14.8 Å². The van der Waals surface area contributed by atoms with Gasteiger partial charge < -0.3 is 9.64 Å². The average Bonchev–Trinajstić information content (AvgIpc) is 2.66. The van der Waals surface area contributed by atoms with Crippen LogP contribution in [0.2, 0.25) is 0 Å². The van der Waals surface area contributed by atoms with E-state index in [0.717, 1.165) is 37.2 Å². The normalized spacial score (nSPS) is 22.6. The summed E-state index contributed by atoms with van der Waals surface area (Å²) < 4.78 is 30.7. The van der Waals surface area contributed by atoms with Crippen LogP contribution in [0, 0.1) is 18.8 Å². The lowest BCUT2D eigenvalue weighted by molar-refractivity contribution is -0.138. The Bertz CT molecular complexity index is 757. The smallest absolute Gasteiger partial charge is 0.225 e. The minimum atomic E-state index is -3.15. The lowest BCUT2D eigenvalue weighted by atomic mass is 9.93. The fraction of sp³-hybridized carbons (Fsp3) is 0.650. The maximum Gasteiger partial charge on any atom is 0.225 e. The van der Waals surface area contributed by atoms with E-state index >= 15 is 0 Å². The van der Waals surface area contributed by atoms with Crippen LogP contribution in [0.4, 0.5) is 0 Å². The van der Waals surface area contributed by atoms with Gasteiger partial charge in [-0.15, -0.1) is 0 Å². The number of aryl methyl sites for hydroxylation is 1. The quantitative estimate of drug-likeness (QED) is 0.768. The molecule has 27 heavy (non-hydrogen) atoms. The molecule has 150 valence electrons. The first-order valence-electron chi connectivity index (χ1n) is 9.77. The molecule has 1 amide bonds. The first-order chi connectivity index (χ1) is 12.8. The predicted octanol–water partition coefficient (Wildman–Crippen LogP) is 2.28. The van der Waals surface area contributed by atoms with Gasteiger partial charge in [-0.2, -0.15) is 0 Å². The first kappa shape index (κ1) is 20.1. The number of rotatable bonds is 5. The van der Waals surface area contributed by atoms with Crippen LogP contribution in [0.3, 0.4) is 0 Å². The van der Waals surface area contributed by atoms with Crippen LogP contribution < -0.4 is 4.74 Å². The van der Waals surface area contributed by atoms with Crippen molar-refractivity contribution < 1.29 is 17.9 Å². The molecule has 1 aromatic rings. The van der Waals surface area contributed by atoms with Gasteiger partial charge in [0.2, 0.25) is 15.9 Å². The number of nitrogens with zero attached hydrogens (tertiary/aromatic N) is 2. The van der Waals surface area contributed by atoms with Gasteiger partial charge in [-0.3, -0.25) is 4.79 Å². The molecule has 0 radical (unpaired) electrons. The minimum Gasteiger partial charge on any atom is -0.493 e. The lowest BCUT2D eigenvalue weighted by Gasteiger charge is -2.37.